The van der Waals surface area contributed by atoms with Gasteiger partial charge < -0.3 is 10.4 Å². The van der Waals surface area contributed by atoms with Gasteiger partial charge in [0.05, 0.1) is 22.8 Å². The van der Waals surface area contributed by atoms with Crippen LogP contribution < -0.4 is 5.32 Å². The lowest BCUT2D eigenvalue weighted by Crippen LogP contribution is -2.42. The molecule has 0 unspecified atom stereocenters. The van der Waals surface area contributed by atoms with Gasteiger partial charge in [-0.15, -0.1) is 0 Å². The number of nitriles is 1. The van der Waals surface area contributed by atoms with Crippen molar-refractivity contribution in [1.82, 2.24) is 5.32 Å². The lowest BCUT2D eigenvalue weighted by molar-refractivity contribution is -0.143. The number of carboxylic acid groups (broad SMARTS) is 1. The smallest absolute Gasteiger partial charge is 0.416 e. The minimum absolute atomic E-state index is 0.140. The van der Waals surface area contributed by atoms with Crippen molar-refractivity contribution in [3.8, 4) is 6.07 Å². The molecule has 0 aliphatic rings. The first kappa shape index (κ1) is 22.7. The topological polar surface area (TPSA) is 90.2 Å². The van der Waals surface area contributed by atoms with Crippen LogP contribution in [-0.2, 0) is 23.6 Å². The van der Waals surface area contributed by atoms with Crippen molar-refractivity contribution in [1.29, 1.82) is 5.26 Å². The van der Waals surface area contributed by atoms with Gasteiger partial charge >= 0.3 is 18.3 Å². The van der Waals surface area contributed by atoms with Crippen molar-refractivity contribution in [2.75, 3.05) is 0 Å². The molecule has 1 atom stereocenters. The molecule has 0 radical (unpaired) electrons. The maximum absolute atomic E-state index is 12.9. The summed E-state index contributed by atoms with van der Waals surface area (Å²) in [5.41, 5.74) is -3.86. The Hall–Kier alpha value is -3.55. The second-order valence-electron chi connectivity index (χ2n) is 6.18. The van der Waals surface area contributed by atoms with E-state index < -0.39 is 47.0 Å². The third-order valence-electron chi connectivity index (χ3n) is 3.95. The van der Waals surface area contributed by atoms with Crippen molar-refractivity contribution in [3.63, 3.8) is 0 Å². The van der Waals surface area contributed by atoms with E-state index >= 15 is 0 Å². The number of hydrogen-bond donors (Lipinski definition) is 2. The van der Waals surface area contributed by atoms with Gasteiger partial charge in [-0.1, -0.05) is 12.1 Å². The zero-order valence-electron chi connectivity index (χ0n) is 14.8. The lowest BCUT2D eigenvalue weighted by atomic mass is 10.0. The van der Waals surface area contributed by atoms with Crippen LogP contribution >= 0.6 is 0 Å². The molecule has 0 spiro atoms. The molecule has 2 aromatic carbocycles. The lowest BCUT2D eigenvalue weighted by Gasteiger charge is -2.17. The minimum atomic E-state index is -5.15. The van der Waals surface area contributed by atoms with Crippen LogP contribution in [0.1, 0.15) is 32.6 Å². The summed E-state index contributed by atoms with van der Waals surface area (Å²) in [4.78, 5) is 23.7. The molecule has 11 heteroatoms. The Morgan fingerprint density at radius 2 is 1.57 bits per heavy atom. The molecule has 30 heavy (non-hydrogen) atoms. The van der Waals surface area contributed by atoms with E-state index in [0.717, 1.165) is 0 Å². The number of alkyl halides is 6. The number of carbonyl (C=O) groups is 2. The molecule has 0 bridgehead atoms. The normalized spacial score (nSPS) is 12.7. The quantitative estimate of drug-likeness (QED) is 0.702. The molecule has 0 aromatic heterocycles. The summed E-state index contributed by atoms with van der Waals surface area (Å²) >= 11 is 0. The number of nitrogens with zero attached hydrogens (tertiary/aromatic N) is 1. The van der Waals surface area contributed by atoms with E-state index in [1.807, 2.05) is 11.4 Å². The molecule has 0 heterocycles. The molecule has 0 aliphatic heterocycles. The van der Waals surface area contributed by atoms with E-state index in [2.05, 4.69) is 0 Å². The maximum atomic E-state index is 12.9. The first-order valence-electron chi connectivity index (χ1n) is 8.13. The average molecular weight is 430 g/mol. The summed E-state index contributed by atoms with van der Waals surface area (Å²) in [6.45, 7) is 0. The second-order valence-corrected chi connectivity index (χ2v) is 6.18. The van der Waals surface area contributed by atoms with Gasteiger partial charge in [0.25, 0.3) is 5.91 Å². The van der Waals surface area contributed by atoms with E-state index in [1.165, 1.54) is 24.3 Å². The number of carboxylic acids is 1. The molecule has 0 fully saturated rings. The third-order valence-corrected chi connectivity index (χ3v) is 3.95. The molecule has 0 saturated heterocycles. The Kier molecular flexibility index (Phi) is 6.40. The van der Waals surface area contributed by atoms with Gasteiger partial charge in [0, 0.05) is 12.0 Å². The average Bonchev–Trinajstić information content (AvgIpc) is 2.65. The van der Waals surface area contributed by atoms with Crippen molar-refractivity contribution in [2.45, 2.75) is 24.8 Å². The van der Waals surface area contributed by atoms with Gasteiger partial charge in [-0.25, -0.2) is 4.79 Å². The van der Waals surface area contributed by atoms with Crippen molar-refractivity contribution >= 4 is 11.9 Å². The monoisotopic (exact) mass is 430 g/mol. The Morgan fingerprint density at radius 1 is 1.00 bits per heavy atom. The van der Waals surface area contributed by atoms with Crippen LogP contribution in [0.25, 0.3) is 0 Å². The van der Waals surface area contributed by atoms with Crippen LogP contribution in [0.15, 0.2) is 42.5 Å². The van der Waals surface area contributed by atoms with Crippen molar-refractivity contribution < 1.29 is 41.0 Å². The predicted octanol–water partition coefficient (Wildman–Crippen LogP) is 4.02. The molecule has 1 amide bonds. The molecule has 0 saturated carbocycles. The third kappa shape index (κ3) is 5.73. The highest BCUT2D eigenvalue weighted by atomic mass is 19.4. The first-order chi connectivity index (χ1) is 13.8. The van der Waals surface area contributed by atoms with Gasteiger partial charge in [0.15, 0.2) is 0 Å². The summed E-state index contributed by atoms with van der Waals surface area (Å²) in [6.07, 6.45) is -10.7. The molecular formula is C19H12F6N2O3. The molecule has 2 aromatic rings. The van der Waals surface area contributed by atoms with Crippen LogP contribution in [-0.4, -0.2) is 23.0 Å². The molecule has 5 nitrogen and oxygen atoms in total. The fraction of sp³-hybridized carbons (Fsp3) is 0.211. The van der Waals surface area contributed by atoms with Crippen LogP contribution in [0.3, 0.4) is 0 Å². The van der Waals surface area contributed by atoms with Gasteiger partial charge in [0.2, 0.25) is 0 Å². The Balaban J connectivity index is 2.35. The van der Waals surface area contributed by atoms with Crippen LogP contribution in [0.4, 0.5) is 26.3 Å². The van der Waals surface area contributed by atoms with E-state index in [9.17, 15) is 41.0 Å². The number of carbonyl (C=O) groups excluding carboxylic acids is 1. The summed E-state index contributed by atoms with van der Waals surface area (Å²) in [5, 5.41) is 20.1. The SMILES string of the molecule is N#Cc1cccc(C[C@@H](NC(=O)c2cc(C(F)(F)F)cc(C(F)(F)F)c2)C(=O)O)c1. The fourth-order valence-corrected chi connectivity index (χ4v) is 2.53. The van der Waals surface area contributed by atoms with Gasteiger partial charge in [-0.05, 0) is 35.9 Å². The number of nitrogens with one attached hydrogen (secondary N) is 1. The molecule has 2 N–H and O–H groups in total. The minimum Gasteiger partial charge on any atom is -0.480 e. The largest absolute Gasteiger partial charge is 0.480 e. The summed E-state index contributed by atoms with van der Waals surface area (Å²) in [5.74, 6) is -2.98. The Morgan fingerprint density at radius 3 is 2.03 bits per heavy atom. The highest BCUT2D eigenvalue weighted by Gasteiger charge is 2.37. The number of benzene rings is 2. The van der Waals surface area contributed by atoms with Gasteiger partial charge in [-0.3, -0.25) is 4.79 Å². The zero-order chi connectivity index (χ0) is 22.7. The van der Waals surface area contributed by atoms with E-state index in [4.69, 9.17) is 5.26 Å². The number of halogens is 6. The Labute approximate surface area is 165 Å². The fourth-order valence-electron chi connectivity index (χ4n) is 2.53. The molecule has 0 aliphatic carbocycles. The highest BCUT2D eigenvalue weighted by molar-refractivity contribution is 5.97. The standard InChI is InChI=1S/C19H12F6N2O3/c20-18(21,22)13-6-12(7-14(8-13)19(23,24)25)16(28)27-15(17(29)30)5-10-2-1-3-11(4-10)9-26/h1-4,6-8,15H,5H2,(H,27,28)(H,29,30)/t15-/m1/s1. The zero-order valence-corrected chi connectivity index (χ0v) is 14.8. The van der Waals surface area contributed by atoms with E-state index in [1.54, 1.807) is 0 Å². The summed E-state index contributed by atoms with van der Waals surface area (Å²) in [6, 6.07) is 6.14. The molecular weight excluding hydrogens is 418 g/mol. The number of rotatable bonds is 5. The Bertz CT molecular complexity index is 976. The number of amides is 1. The summed E-state index contributed by atoms with van der Waals surface area (Å²) < 4.78 is 77.6. The van der Waals surface area contributed by atoms with Crippen molar-refractivity contribution in [2.24, 2.45) is 0 Å². The number of aliphatic carboxylic acids is 1. The maximum Gasteiger partial charge on any atom is 0.416 e. The number of hydrogen-bond acceptors (Lipinski definition) is 3. The molecule has 2 rings (SSSR count). The highest BCUT2D eigenvalue weighted by Crippen LogP contribution is 2.36. The van der Waals surface area contributed by atoms with E-state index in [-0.39, 0.29) is 30.2 Å². The van der Waals surface area contributed by atoms with Gasteiger partial charge in [0.1, 0.15) is 6.04 Å². The first-order valence-corrected chi connectivity index (χ1v) is 8.13. The van der Waals surface area contributed by atoms with E-state index in [0.29, 0.717) is 5.56 Å². The van der Waals surface area contributed by atoms with Crippen LogP contribution in [0.2, 0.25) is 0 Å². The van der Waals surface area contributed by atoms with Crippen LogP contribution in [0, 0.1) is 11.3 Å². The molecule has 158 valence electrons. The predicted molar refractivity (Wildman–Crippen MR) is 90.2 cm³/mol. The van der Waals surface area contributed by atoms with Crippen LogP contribution in [0.5, 0.6) is 0 Å². The summed E-state index contributed by atoms with van der Waals surface area (Å²) in [7, 11) is 0. The second kappa shape index (κ2) is 8.44. The van der Waals surface area contributed by atoms with Crippen molar-refractivity contribution in [3.05, 3.63) is 70.3 Å². The van der Waals surface area contributed by atoms with Gasteiger partial charge in [-0.2, -0.15) is 31.6 Å².